The van der Waals surface area contributed by atoms with Crippen LogP contribution in [0.15, 0.2) is 30.3 Å². The van der Waals surface area contributed by atoms with E-state index >= 15 is 0 Å². The van der Waals surface area contributed by atoms with E-state index in [9.17, 15) is 63.6 Å². The molecular formula is C34H51N7O14S. The fourth-order valence-electron chi connectivity index (χ4n) is 4.88. The van der Waals surface area contributed by atoms with E-state index < -0.39 is 128 Å². The highest BCUT2D eigenvalue weighted by molar-refractivity contribution is 7.80. The summed E-state index contributed by atoms with van der Waals surface area (Å²) in [5, 5.41) is 61.3. The summed E-state index contributed by atoms with van der Waals surface area (Å²) in [5.74, 6) is -11.7. The number of hydrogen-bond donors (Lipinski definition) is 13. The molecular weight excluding hydrogens is 762 g/mol. The van der Waals surface area contributed by atoms with E-state index in [-0.39, 0.29) is 18.1 Å². The van der Waals surface area contributed by atoms with Crippen LogP contribution >= 0.6 is 12.6 Å². The zero-order valence-corrected chi connectivity index (χ0v) is 31.9. The van der Waals surface area contributed by atoms with Crippen molar-refractivity contribution in [3.8, 4) is 0 Å². The number of hydrogen-bond acceptors (Lipinski definition) is 13. The van der Waals surface area contributed by atoms with Crippen molar-refractivity contribution in [1.29, 1.82) is 0 Å². The van der Waals surface area contributed by atoms with E-state index in [1.807, 2.05) is 6.92 Å². The predicted octanol–water partition coefficient (Wildman–Crippen LogP) is -3.76. The van der Waals surface area contributed by atoms with Gasteiger partial charge in [-0.05, 0) is 24.8 Å². The second-order valence-corrected chi connectivity index (χ2v) is 13.2. The SMILES string of the molecule is CC[C@H](C)[C@H](N)C(=O)N[C@@H](Cc1ccccc1)C(=O)N[C@@H](CC(=O)O)C(=O)N[C@@H](CO)C(=O)N[C@H](C(=O)N[C@@H](CCC(=O)O)C(=O)N[C@@H](CS)C(=O)O)[C@@H](C)O. The molecule has 56 heavy (non-hydrogen) atoms. The zero-order valence-electron chi connectivity index (χ0n) is 31.0. The van der Waals surface area contributed by atoms with Crippen LogP contribution in [0.25, 0.3) is 0 Å². The van der Waals surface area contributed by atoms with E-state index in [1.54, 1.807) is 37.3 Å². The molecule has 0 aliphatic rings. The van der Waals surface area contributed by atoms with Crippen molar-refractivity contribution in [2.45, 2.75) is 101 Å². The summed E-state index contributed by atoms with van der Waals surface area (Å²) in [5.41, 5.74) is 6.63. The summed E-state index contributed by atoms with van der Waals surface area (Å²) in [6.07, 6.45) is -3.50. The van der Waals surface area contributed by atoms with Gasteiger partial charge in [0.25, 0.3) is 0 Å². The molecule has 0 unspecified atom stereocenters. The van der Waals surface area contributed by atoms with Gasteiger partial charge in [-0.1, -0.05) is 50.6 Å². The maximum atomic E-state index is 13.5. The molecule has 13 N–H and O–H groups in total. The highest BCUT2D eigenvalue weighted by Gasteiger charge is 2.36. The Balaban J connectivity index is 3.24. The van der Waals surface area contributed by atoms with E-state index in [0.29, 0.717) is 12.0 Å². The molecule has 0 heterocycles. The molecule has 6 amide bonds. The third kappa shape index (κ3) is 16.6. The average Bonchev–Trinajstić information content (AvgIpc) is 3.14. The smallest absolute Gasteiger partial charge is 0.327 e. The summed E-state index contributed by atoms with van der Waals surface area (Å²) in [4.78, 5) is 113. The number of carboxylic acid groups (broad SMARTS) is 3. The maximum Gasteiger partial charge on any atom is 0.327 e. The lowest BCUT2D eigenvalue weighted by Crippen LogP contribution is -2.62. The summed E-state index contributed by atoms with van der Waals surface area (Å²) < 4.78 is 0. The highest BCUT2D eigenvalue weighted by Crippen LogP contribution is 2.09. The van der Waals surface area contributed by atoms with Gasteiger partial charge in [-0.2, -0.15) is 12.6 Å². The topological polar surface area (TPSA) is 353 Å². The molecule has 0 aromatic heterocycles. The van der Waals surface area contributed by atoms with Gasteiger partial charge < -0.3 is 63.2 Å². The minimum atomic E-state index is -1.92. The number of thiol groups is 1. The van der Waals surface area contributed by atoms with Crippen LogP contribution in [-0.4, -0.2) is 140 Å². The number of nitrogens with two attached hydrogens (primary N) is 1. The Morgan fingerprint density at radius 3 is 1.68 bits per heavy atom. The average molecular weight is 814 g/mol. The van der Waals surface area contributed by atoms with Crippen LogP contribution in [0, 0.1) is 5.92 Å². The molecule has 21 nitrogen and oxygen atoms in total. The van der Waals surface area contributed by atoms with Crippen molar-refractivity contribution in [3.63, 3.8) is 0 Å². The van der Waals surface area contributed by atoms with Gasteiger partial charge >= 0.3 is 17.9 Å². The van der Waals surface area contributed by atoms with Crippen LogP contribution < -0.4 is 37.6 Å². The molecule has 1 rings (SSSR count). The molecule has 0 aliphatic carbocycles. The second kappa shape index (κ2) is 24.2. The fraction of sp³-hybridized carbons (Fsp3) is 0.559. The number of rotatable bonds is 25. The highest BCUT2D eigenvalue weighted by atomic mass is 32.1. The van der Waals surface area contributed by atoms with Crippen molar-refractivity contribution >= 4 is 66.0 Å². The van der Waals surface area contributed by atoms with Crippen molar-refractivity contribution in [3.05, 3.63) is 35.9 Å². The number of aliphatic carboxylic acids is 3. The molecule has 1 aromatic carbocycles. The molecule has 1 aromatic rings. The number of carbonyl (C=O) groups is 9. The van der Waals surface area contributed by atoms with Crippen molar-refractivity contribution in [2.24, 2.45) is 11.7 Å². The lowest BCUT2D eigenvalue weighted by Gasteiger charge is -2.27. The largest absolute Gasteiger partial charge is 0.481 e. The van der Waals surface area contributed by atoms with Crippen molar-refractivity contribution in [1.82, 2.24) is 31.9 Å². The van der Waals surface area contributed by atoms with Gasteiger partial charge in [0.05, 0.1) is 25.2 Å². The van der Waals surface area contributed by atoms with E-state index in [4.69, 9.17) is 10.8 Å². The van der Waals surface area contributed by atoms with Crippen LogP contribution in [0.4, 0.5) is 0 Å². The molecule has 0 aliphatic heterocycles. The van der Waals surface area contributed by atoms with Crippen LogP contribution in [-0.2, 0) is 49.6 Å². The third-order valence-corrected chi connectivity index (χ3v) is 8.81. The van der Waals surface area contributed by atoms with Crippen LogP contribution in [0.5, 0.6) is 0 Å². The first kappa shape index (κ1) is 48.7. The summed E-state index contributed by atoms with van der Waals surface area (Å²) in [7, 11) is 0. The number of carboxylic acids is 3. The quantitative estimate of drug-likeness (QED) is 0.0422. The molecule has 0 fully saturated rings. The van der Waals surface area contributed by atoms with Gasteiger partial charge in [-0.15, -0.1) is 0 Å². The van der Waals surface area contributed by atoms with Gasteiger partial charge in [0.1, 0.15) is 36.3 Å². The Morgan fingerprint density at radius 2 is 1.18 bits per heavy atom. The first-order chi connectivity index (χ1) is 26.2. The second-order valence-electron chi connectivity index (χ2n) is 12.9. The van der Waals surface area contributed by atoms with E-state index in [1.165, 1.54) is 0 Å². The lowest BCUT2D eigenvalue weighted by molar-refractivity contribution is -0.143. The number of benzene rings is 1. The maximum absolute atomic E-state index is 13.5. The molecule has 312 valence electrons. The molecule has 9 atom stereocenters. The molecule has 22 heteroatoms. The Morgan fingerprint density at radius 1 is 0.679 bits per heavy atom. The molecule has 0 spiro atoms. The van der Waals surface area contributed by atoms with E-state index in [2.05, 4.69) is 44.5 Å². The number of amides is 6. The van der Waals surface area contributed by atoms with E-state index in [0.717, 1.165) is 6.92 Å². The fourth-order valence-corrected chi connectivity index (χ4v) is 5.12. The first-order valence-corrected chi connectivity index (χ1v) is 18.1. The number of carbonyl (C=O) groups excluding carboxylic acids is 6. The van der Waals surface area contributed by atoms with Gasteiger partial charge in [0.15, 0.2) is 0 Å². The monoisotopic (exact) mass is 813 g/mol. The third-order valence-electron chi connectivity index (χ3n) is 8.44. The minimum Gasteiger partial charge on any atom is -0.481 e. The summed E-state index contributed by atoms with van der Waals surface area (Å²) in [6.45, 7) is 3.44. The Labute approximate surface area is 327 Å². The molecule has 0 bridgehead atoms. The Bertz CT molecular complexity index is 1550. The standard InChI is InChI=1S/C34H51N7O14S/c1-4-16(2)26(35)32(52)38-20(12-18-8-6-5-7-9-18)29(49)37-21(13-25(46)47)30(50)39-22(14-42)31(51)41-27(17(3)43)33(53)36-19(10-11-24(44)45)28(48)40-23(15-56)34(54)55/h5-9,16-17,19-23,26-27,42-43,56H,4,10-15,35H2,1-3H3,(H,36,53)(H,37,49)(H,38,52)(H,39,50)(H,40,48)(H,41,51)(H,44,45)(H,46,47)(H,54,55)/t16-,17+,19-,20-,21-,22-,23-,26-,27-/m0/s1. The Kier molecular flexibility index (Phi) is 21.1. The molecule has 0 saturated carbocycles. The van der Waals surface area contributed by atoms with Crippen LogP contribution in [0.2, 0.25) is 0 Å². The Hall–Kier alpha value is -5.32. The first-order valence-electron chi connectivity index (χ1n) is 17.4. The number of aliphatic hydroxyl groups excluding tert-OH is 2. The van der Waals surface area contributed by atoms with Crippen molar-refractivity contribution < 1.29 is 68.7 Å². The minimum absolute atomic E-state index is 0.0916. The summed E-state index contributed by atoms with van der Waals surface area (Å²) >= 11 is 3.82. The summed E-state index contributed by atoms with van der Waals surface area (Å²) in [6, 6.07) is -2.85. The van der Waals surface area contributed by atoms with Gasteiger partial charge in [-0.25, -0.2) is 4.79 Å². The van der Waals surface area contributed by atoms with Crippen LogP contribution in [0.3, 0.4) is 0 Å². The van der Waals surface area contributed by atoms with Crippen LogP contribution in [0.1, 0.15) is 52.0 Å². The predicted molar refractivity (Wildman–Crippen MR) is 199 cm³/mol. The van der Waals surface area contributed by atoms with Crippen molar-refractivity contribution in [2.75, 3.05) is 12.4 Å². The van der Waals surface area contributed by atoms with Gasteiger partial charge in [0, 0.05) is 18.6 Å². The van der Waals surface area contributed by atoms with Gasteiger partial charge in [-0.3, -0.25) is 38.4 Å². The molecule has 0 saturated heterocycles. The normalized spacial score (nSPS) is 15.8. The number of aliphatic hydroxyl groups is 2. The lowest BCUT2D eigenvalue weighted by atomic mass is 9.98. The zero-order chi connectivity index (χ0) is 42.7. The number of nitrogens with one attached hydrogen (secondary N) is 6. The van der Waals surface area contributed by atoms with Gasteiger partial charge in [0.2, 0.25) is 35.4 Å². The molecule has 0 radical (unpaired) electrons.